The maximum Gasteiger partial charge on any atom is 0.243 e. The molecular weight excluding hydrogens is 437 g/mol. The highest BCUT2D eigenvalue weighted by Gasteiger charge is 2.34. The van der Waals surface area contributed by atoms with Gasteiger partial charge in [-0.15, -0.1) is 0 Å². The molecule has 0 saturated carbocycles. The zero-order valence-corrected chi connectivity index (χ0v) is 20.0. The van der Waals surface area contributed by atoms with E-state index in [9.17, 15) is 22.4 Å². The van der Waals surface area contributed by atoms with Crippen molar-refractivity contribution in [1.82, 2.24) is 14.9 Å². The second-order valence-electron chi connectivity index (χ2n) is 9.00. The highest BCUT2D eigenvalue weighted by Crippen LogP contribution is 2.18. The van der Waals surface area contributed by atoms with Gasteiger partial charge >= 0.3 is 0 Å². The monoisotopic (exact) mass is 471 g/mol. The molecule has 2 N–H and O–H groups in total. The summed E-state index contributed by atoms with van der Waals surface area (Å²) >= 11 is 0. The Labute approximate surface area is 189 Å². The lowest BCUT2D eigenvalue weighted by Crippen LogP contribution is -2.56. The number of benzene rings is 1. The normalized spacial score (nSPS) is 17.7. The summed E-state index contributed by atoms with van der Waals surface area (Å²) < 4.78 is 46.1. The molecule has 2 rings (SSSR count). The van der Waals surface area contributed by atoms with Gasteiger partial charge in [0, 0.05) is 18.7 Å². The molecule has 0 radical (unpaired) electrons. The molecule has 1 fully saturated rings. The number of hydrogen-bond donors (Lipinski definition) is 2. The summed E-state index contributed by atoms with van der Waals surface area (Å²) in [5.74, 6) is -1.36. The third kappa shape index (κ3) is 7.83. The standard InChI is InChI=1S/C22H34FN3O5S/c1-5-7-19(21(28)25-22(2,3)4)26(15-17-8-6-13-31-17)20(27)14-24-32(29,30)18-11-9-16(23)10-12-18/h9-12,17,19,24H,5-8,13-15H2,1-4H3,(H,25,28)/t17-,19+/m1/s1. The Balaban J connectivity index is 2.20. The molecule has 0 bridgehead atoms. The van der Waals surface area contributed by atoms with E-state index in [0.717, 1.165) is 37.1 Å². The summed E-state index contributed by atoms with van der Waals surface area (Å²) in [6, 6.07) is 3.58. The first-order valence-electron chi connectivity index (χ1n) is 10.9. The summed E-state index contributed by atoms with van der Waals surface area (Å²) in [6.45, 7) is 7.78. The van der Waals surface area contributed by atoms with Gasteiger partial charge in [-0.25, -0.2) is 17.5 Å². The molecule has 0 spiro atoms. The van der Waals surface area contributed by atoms with Crippen LogP contribution in [0.3, 0.4) is 0 Å². The van der Waals surface area contributed by atoms with Crippen LogP contribution >= 0.6 is 0 Å². The van der Waals surface area contributed by atoms with Crippen molar-refractivity contribution in [3.8, 4) is 0 Å². The maximum atomic E-state index is 13.2. The van der Waals surface area contributed by atoms with Gasteiger partial charge in [0.15, 0.2) is 0 Å². The molecule has 0 aliphatic carbocycles. The van der Waals surface area contributed by atoms with Gasteiger partial charge in [-0.2, -0.15) is 0 Å². The number of carbonyl (C=O) groups excluding carboxylic acids is 2. The first kappa shape index (κ1) is 26.2. The first-order chi connectivity index (χ1) is 14.9. The van der Waals surface area contributed by atoms with Gasteiger partial charge in [-0.1, -0.05) is 13.3 Å². The molecule has 0 unspecified atom stereocenters. The number of nitrogens with one attached hydrogen (secondary N) is 2. The van der Waals surface area contributed by atoms with Crippen molar-refractivity contribution in [2.45, 2.75) is 76.0 Å². The predicted octanol–water partition coefficient (Wildman–Crippen LogP) is 2.20. The van der Waals surface area contributed by atoms with E-state index in [0.29, 0.717) is 19.4 Å². The van der Waals surface area contributed by atoms with Crippen molar-refractivity contribution < 1.29 is 27.1 Å². The number of sulfonamides is 1. The Morgan fingerprint density at radius 2 is 1.91 bits per heavy atom. The molecule has 1 aliphatic heterocycles. The lowest BCUT2D eigenvalue weighted by Gasteiger charge is -2.34. The summed E-state index contributed by atoms with van der Waals surface area (Å²) in [6.07, 6.45) is 2.54. The Bertz CT molecular complexity index is 878. The molecule has 8 nitrogen and oxygen atoms in total. The Kier molecular flexibility index (Phi) is 9.18. The van der Waals surface area contributed by atoms with E-state index in [-0.39, 0.29) is 23.5 Å². The van der Waals surface area contributed by atoms with Crippen LogP contribution in [0, 0.1) is 5.82 Å². The van der Waals surface area contributed by atoms with Gasteiger partial charge in [-0.05, 0) is 64.3 Å². The van der Waals surface area contributed by atoms with Crippen LogP contribution in [0.25, 0.3) is 0 Å². The average molecular weight is 472 g/mol. The SMILES string of the molecule is CCC[C@@H](C(=O)NC(C)(C)C)N(C[C@H]1CCCO1)C(=O)CNS(=O)(=O)c1ccc(F)cc1. The Morgan fingerprint density at radius 1 is 1.25 bits per heavy atom. The molecule has 2 amide bonds. The highest BCUT2D eigenvalue weighted by atomic mass is 32.2. The molecule has 32 heavy (non-hydrogen) atoms. The molecule has 10 heteroatoms. The van der Waals surface area contributed by atoms with Crippen LogP contribution in [0.15, 0.2) is 29.2 Å². The minimum Gasteiger partial charge on any atom is -0.376 e. The van der Waals surface area contributed by atoms with Crippen LogP contribution in [0.1, 0.15) is 53.4 Å². The van der Waals surface area contributed by atoms with Crippen LogP contribution in [0.2, 0.25) is 0 Å². The van der Waals surface area contributed by atoms with Crippen LogP contribution < -0.4 is 10.0 Å². The molecule has 1 aromatic rings. The van der Waals surface area contributed by atoms with Crippen LogP contribution in [0.5, 0.6) is 0 Å². The van der Waals surface area contributed by atoms with Crippen molar-refractivity contribution >= 4 is 21.8 Å². The third-order valence-electron chi connectivity index (χ3n) is 5.02. The fourth-order valence-corrected chi connectivity index (χ4v) is 4.50. The fraction of sp³-hybridized carbons (Fsp3) is 0.636. The maximum absolute atomic E-state index is 13.2. The zero-order valence-electron chi connectivity index (χ0n) is 19.2. The van der Waals surface area contributed by atoms with Crippen molar-refractivity contribution in [1.29, 1.82) is 0 Å². The predicted molar refractivity (Wildman–Crippen MR) is 119 cm³/mol. The number of amides is 2. The average Bonchev–Trinajstić information content (AvgIpc) is 3.21. The van der Waals surface area contributed by atoms with Gasteiger partial charge in [0.05, 0.1) is 17.5 Å². The molecule has 1 heterocycles. The van der Waals surface area contributed by atoms with E-state index in [1.165, 1.54) is 4.90 Å². The van der Waals surface area contributed by atoms with Gasteiger partial charge in [-0.3, -0.25) is 9.59 Å². The largest absolute Gasteiger partial charge is 0.376 e. The van der Waals surface area contributed by atoms with Gasteiger partial charge < -0.3 is 15.0 Å². The fourth-order valence-electron chi connectivity index (χ4n) is 3.52. The van der Waals surface area contributed by atoms with Crippen molar-refractivity contribution in [2.75, 3.05) is 19.7 Å². The van der Waals surface area contributed by atoms with Crippen molar-refractivity contribution in [3.63, 3.8) is 0 Å². The summed E-state index contributed by atoms with van der Waals surface area (Å²) in [4.78, 5) is 27.4. The summed E-state index contributed by atoms with van der Waals surface area (Å²) in [7, 11) is -4.02. The summed E-state index contributed by atoms with van der Waals surface area (Å²) in [5.41, 5.74) is -0.480. The first-order valence-corrected chi connectivity index (χ1v) is 12.4. The van der Waals surface area contributed by atoms with Crippen LogP contribution in [-0.4, -0.2) is 62.5 Å². The minimum atomic E-state index is -4.02. The van der Waals surface area contributed by atoms with Gasteiger partial charge in [0.1, 0.15) is 11.9 Å². The van der Waals surface area contributed by atoms with Crippen molar-refractivity contribution in [3.05, 3.63) is 30.1 Å². The van der Waals surface area contributed by atoms with Crippen molar-refractivity contribution in [2.24, 2.45) is 0 Å². The van der Waals surface area contributed by atoms with Gasteiger partial charge in [0.2, 0.25) is 21.8 Å². The molecule has 180 valence electrons. The number of carbonyl (C=O) groups is 2. The molecule has 1 aromatic carbocycles. The number of rotatable bonds is 10. The number of halogens is 1. The van der Waals surface area contributed by atoms with E-state index in [4.69, 9.17) is 4.74 Å². The molecule has 1 aliphatic rings. The lowest BCUT2D eigenvalue weighted by molar-refractivity contribution is -0.142. The molecule has 0 aromatic heterocycles. The van der Waals surface area contributed by atoms with Crippen LogP contribution in [-0.2, 0) is 24.3 Å². The van der Waals surface area contributed by atoms with E-state index in [1.807, 2.05) is 27.7 Å². The highest BCUT2D eigenvalue weighted by molar-refractivity contribution is 7.89. The second kappa shape index (κ2) is 11.2. The number of hydrogen-bond acceptors (Lipinski definition) is 5. The lowest BCUT2D eigenvalue weighted by atomic mass is 10.0. The molecule has 2 atom stereocenters. The van der Waals surface area contributed by atoms with Crippen LogP contribution in [0.4, 0.5) is 4.39 Å². The second-order valence-corrected chi connectivity index (χ2v) is 10.8. The van der Waals surface area contributed by atoms with Gasteiger partial charge in [0.25, 0.3) is 0 Å². The Morgan fingerprint density at radius 3 is 2.44 bits per heavy atom. The van der Waals surface area contributed by atoms with E-state index in [1.54, 1.807) is 0 Å². The minimum absolute atomic E-state index is 0.145. The molecule has 1 saturated heterocycles. The summed E-state index contributed by atoms with van der Waals surface area (Å²) in [5, 5.41) is 2.92. The third-order valence-corrected chi connectivity index (χ3v) is 6.44. The number of ether oxygens (including phenoxy) is 1. The van der Waals surface area contributed by atoms with E-state index < -0.39 is 39.9 Å². The van der Waals surface area contributed by atoms with E-state index >= 15 is 0 Å². The Hall–Kier alpha value is -2.04. The molecular formula is C22H34FN3O5S. The quantitative estimate of drug-likeness (QED) is 0.544. The zero-order chi connectivity index (χ0) is 23.9. The number of nitrogens with zero attached hydrogens (tertiary/aromatic N) is 1. The topological polar surface area (TPSA) is 105 Å². The van der Waals surface area contributed by atoms with E-state index in [2.05, 4.69) is 10.0 Å². The smallest absolute Gasteiger partial charge is 0.243 e.